The smallest absolute Gasteiger partial charge is 0.260 e. The van der Waals surface area contributed by atoms with E-state index in [9.17, 15) is 4.79 Å². The Morgan fingerprint density at radius 3 is 2.80 bits per heavy atom. The molecule has 1 amide bonds. The SMILES string of the molecule is CN1CCC[C@H](CNCc2ccccc2OCC(=O)N2CCCC2)C1. The normalized spacial score (nSPS) is 21.5. The van der Waals surface area contributed by atoms with Crippen LogP contribution in [0, 0.1) is 5.92 Å². The highest BCUT2D eigenvalue weighted by molar-refractivity contribution is 5.78. The van der Waals surface area contributed by atoms with Gasteiger partial charge in [-0.25, -0.2) is 0 Å². The number of nitrogens with one attached hydrogen (secondary N) is 1. The predicted molar refractivity (Wildman–Crippen MR) is 99.7 cm³/mol. The van der Waals surface area contributed by atoms with Gasteiger partial charge in [0.2, 0.25) is 0 Å². The number of hydrogen-bond donors (Lipinski definition) is 1. The zero-order chi connectivity index (χ0) is 17.5. The highest BCUT2D eigenvalue weighted by atomic mass is 16.5. The van der Waals surface area contributed by atoms with Gasteiger partial charge in [0.25, 0.3) is 5.91 Å². The van der Waals surface area contributed by atoms with Gasteiger partial charge in [0, 0.05) is 31.7 Å². The molecule has 1 N–H and O–H groups in total. The highest BCUT2D eigenvalue weighted by Crippen LogP contribution is 2.19. The van der Waals surface area contributed by atoms with Crippen LogP contribution in [0.2, 0.25) is 0 Å². The van der Waals surface area contributed by atoms with Crippen molar-refractivity contribution in [3.8, 4) is 5.75 Å². The molecule has 0 aliphatic carbocycles. The van der Waals surface area contributed by atoms with Crippen LogP contribution in [0.4, 0.5) is 0 Å². The number of carbonyl (C=O) groups excluding carboxylic acids is 1. The van der Waals surface area contributed by atoms with Crippen LogP contribution in [-0.4, -0.2) is 62.1 Å². The number of amides is 1. The number of para-hydroxylation sites is 1. The van der Waals surface area contributed by atoms with E-state index < -0.39 is 0 Å². The Bertz CT molecular complexity index is 558. The number of nitrogens with zero attached hydrogens (tertiary/aromatic N) is 2. The maximum Gasteiger partial charge on any atom is 0.260 e. The summed E-state index contributed by atoms with van der Waals surface area (Å²) >= 11 is 0. The van der Waals surface area contributed by atoms with Crippen LogP contribution in [0.25, 0.3) is 0 Å². The van der Waals surface area contributed by atoms with Crippen molar-refractivity contribution in [3.63, 3.8) is 0 Å². The second kappa shape index (κ2) is 9.20. The summed E-state index contributed by atoms with van der Waals surface area (Å²) in [7, 11) is 2.20. The van der Waals surface area contributed by atoms with E-state index in [1.807, 2.05) is 23.1 Å². The van der Waals surface area contributed by atoms with E-state index in [0.717, 1.165) is 56.3 Å². The summed E-state index contributed by atoms with van der Waals surface area (Å²) < 4.78 is 5.83. The van der Waals surface area contributed by atoms with Crippen molar-refractivity contribution in [2.75, 3.05) is 46.4 Å². The minimum atomic E-state index is 0.102. The Labute approximate surface area is 151 Å². The van der Waals surface area contributed by atoms with Crippen molar-refractivity contribution in [2.45, 2.75) is 32.2 Å². The molecular weight excluding hydrogens is 314 g/mol. The van der Waals surface area contributed by atoms with Gasteiger partial charge in [-0.15, -0.1) is 0 Å². The first-order valence-corrected chi connectivity index (χ1v) is 9.60. The molecule has 1 aromatic rings. The quantitative estimate of drug-likeness (QED) is 0.822. The third-order valence-corrected chi connectivity index (χ3v) is 5.25. The Morgan fingerprint density at radius 2 is 2.00 bits per heavy atom. The van der Waals surface area contributed by atoms with E-state index in [0.29, 0.717) is 0 Å². The van der Waals surface area contributed by atoms with Crippen molar-refractivity contribution in [1.82, 2.24) is 15.1 Å². The molecule has 1 atom stereocenters. The summed E-state index contributed by atoms with van der Waals surface area (Å²) in [6.07, 6.45) is 4.83. The standard InChI is InChI=1S/C20H31N3O2/c1-22-10-6-7-17(15-22)13-21-14-18-8-2-3-9-19(18)25-16-20(24)23-11-4-5-12-23/h2-3,8-9,17,21H,4-7,10-16H2,1H3/t17-/m1/s1. The Morgan fingerprint density at radius 1 is 1.20 bits per heavy atom. The molecule has 0 spiro atoms. The highest BCUT2D eigenvalue weighted by Gasteiger charge is 2.19. The number of carbonyl (C=O) groups is 1. The van der Waals surface area contributed by atoms with Crippen LogP contribution in [-0.2, 0) is 11.3 Å². The van der Waals surface area contributed by atoms with Crippen molar-refractivity contribution >= 4 is 5.91 Å². The fourth-order valence-corrected chi connectivity index (χ4v) is 3.84. The van der Waals surface area contributed by atoms with Gasteiger partial charge in [-0.05, 0) is 57.8 Å². The summed E-state index contributed by atoms with van der Waals surface area (Å²) in [5.41, 5.74) is 1.13. The molecule has 0 aromatic heterocycles. The fourth-order valence-electron chi connectivity index (χ4n) is 3.84. The number of ether oxygens (including phenoxy) is 1. The van der Waals surface area contributed by atoms with Crippen LogP contribution in [0.1, 0.15) is 31.2 Å². The lowest BCUT2D eigenvalue weighted by molar-refractivity contribution is -0.132. The third-order valence-electron chi connectivity index (χ3n) is 5.25. The lowest BCUT2D eigenvalue weighted by Gasteiger charge is -2.29. The van der Waals surface area contributed by atoms with Gasteiger partial charge in [-0.2, -0.15) is 0 Å². The van der Waals surface area contributed by atoms with E-state index in [1.54, 1.807) is 0 Å². The summed E-state index contributed by atoms with van der Waals surface area (Å²) in [5.74, 6) is 1.65. The van der Waals surface area contributed by atoms with E-state index in [2.05, 4.69) is 23.3 Å². The molecule has 25 heavy (non-hydrogen) atoms. The zero-order valence-electron chi connectivity index (χ0n) is 15.4. The molecular formula is C20H31N3O2. The van der Waals surface area contributed by atoms with E-state index in [1.165, 1.54) is 25.9 Å². The van der Waals surface area contributed by atoms with Crippen LogP contribution in [0.3, 0.4) is 0 Å². The average Bonchev–Trinajstić information content (AvgIpc) is 3.15. The molecule has 5 nitrogen and oxygen atoms in total. The minimum absolute atomic E-state index is 0.102. The molecule has 2 fully saturated rings. The first-order chi connectivity index (χ1) is 12.2. The molecule has 1 aromatic carbocycles. The Balaban J connectivity index is 1.46. The van der Waals surface area contributed by atoms with Crippen molar-refractivity contribution in [3.05, 3.63) is 29.8 Å². The van der Waals surface area contributed by atoms with Crippen molar-refractivity contribution in [2.24, 2.45) is 5.92 Å². The van der Waals surface area contributed by atoms with Crippen LogP contribution in [0.15, 0.2) is 24.3 Å². The van der Waals surface area contributed by atoms with Gasteiger partial charge >= 0.3 is 0 Å². The first kappa shape index (κ1) is 18.2. The Kier molecular flexibility index (Phi) is 6.70. The average molecular weight is 345 g/mol. The van der Waals surface area contributed by atoms with Gasteiger partial charge < -0.3 is 19.9 Å². The maximum absolute atomic E-state index is 12.2. The van der Waals surface area contributed by atoms with Crippen molar-refractivity contribution in [1.29, 1.82) is 0 Å². The van der Waals surface area contributed by atoms with E-state index >= 15 is 0 Å². The predicted octanol–water partition coefficient (Wildman–Crippen LogP) is 2.12. The number of likely N-dealkylation sites (tertiary alicyclic amines) is 2. The van der Waals surface area contributed by atoms with Crippen molar-refractivity contribution < 1.29 is 9.53 Å². The Hall–Kier alpha value is -1.59. The first-order valence-electron chi connectivity index (χ1n) is 9.60. The maximum atomic E-state index is 12.2. The molecule has 5 heteroatoms. The molecule has 0 bridgehead atoms. The fraction of sp³-hybridized carbons (Fsp3) is 0.650. The van der Waals surface area contributed by atoms with Gasteiger partial charge in [0.05, 0.1) is 0 Å². The molecule has 2 saturated heterocycles. The summed E-state index contributed by atoms with van der Waals surface area (Å²) in [4.78, 5) is 16.5. The number of piperidine rings is 1. The number of rotatable bonds is 7. The summed E-state index contributed by atoms with van der Waals surface area (Å²) in [6, 6.07) is 8.04. The van der Waals surface area contributed by atoms with Gasteiger partial charge in [0.15, 0.2) is 6.61 Å². The minimum Gasteiger partial charge on any atom is -0.483 e. The topological polar surface area (TPSA) is 44.8 Å². The number of benzene rings is 1. The molecule has 138 valence electrons. The molecule has 3 rings (SSSR count). The number of hydrogen-bond acceptors (Lipinski definition) is 4. The molecule has 0 radical (unpaired) electrons. The largest absolute Gasteiger partial charge is 0.483 e. The molecule has 2 heterocycles. The van der Waals surface area contributed by atoms with Gasteiger partial charge in [-0.3, -0.25) is 4.79 Å². The second-order valence-electron chi connectivity index (χ2n) is 7.39. The van der Waals surface area contributed by atoms with E-state index in [4.69, 9.17) is 4.74 Å². The van der Waals surface area contributed by atoms with Gasteiger partial charge in [0.1, 0.15) is 5.75 Å². The monoisotopic (exact) mass is 345 g/mol. The van der Waals surface area contributed by atoms with E-state index in [-0.39, 0.29) is 12.5 Å². The van der Waals surface area contributed by atoms with Crippen LogP contribution < -0.4 is 10.1 Å². The zero-order valence-corrected chi connectivity index (χ0v) is 15.4. The molecule has 2 aliphatic heterocycles. The van der Waals surface area contributed by atoms with Crippen LogP contribution in [0.5, 0.6) is 5.75 Å². The lowest BCUT2D eigenvalue weighted by Crippen LogP contribution is -2.37. The molecule has 0 saturated carbocycles. The summed E-state index contributed by atoms with van der Waals surface area (Å²) in [6.45, 7) is 6.11. The third kappa shape index (κ3) is 5.44. The van der Waals surface area contributed by atoms with Crippen LogP contribution >= 0.6 is 0 Å². The van der Waals surface area contributed by atoms with Gasteiger partial charge in [-0.1, -0.05) is 18.2 Å². The molecule has 2 aliphatic rings. The summed E-state index contributed by atoms with van der Waals surface area (Å²) in [5, 5.41) is 3.57. The second-order valence-corrected chi connectivity index (χ2v) is 7.39. The molecule has 0 unspecified atom stereocenters. The lowest BCUT2D eigenvalue weighted by atomic mass is 9.98.